The minimum atomic E-state index is 0.167. The zero-order valence-electron chi connectivity index (χ0n) is 9.50. The molecule has 0 heterocycles. The standard InChI is InChI=1S/C12H18BrNO2/c1-2-14-9-10-8-11(4-5-12(10)13)16-7-3-6-15/h4-5,8,14-15H,2-3,6-7,9H2,1H3. The molecular weight excluding hydrogens is 270 g/mol. The molecule has 1 rings (SSSR count). The second-order valence-electron chi connectivity index (χ2n) is 3.46. The van der Waals surface area contributed by atoms with Crippen LogP contribution in [0, 0.1) is 0 Å². The average molecular weight is 288 g/mol. The van der Waals surface area contributed by atoms with Crippen LogP contribution in [-0.4, -0.2) is 24.9 Å². The summed E-state index contributed by atoms with van der Waals surface area (Å²) in [6, 6.07) is 5.93. The molecule has 0 unspecified atom stereocenters. The molecule has 2 N–H and O–H groups in total. The van der Waals surface area contributed by atoms with Crippen LogP contribution in [0.1, 0.15) is 18.9 Å². The summed E-state index contributed by atoms with van der Waals surface area (Å²) in [6.07, 6.45) is 0.665. The predicted octanol–water partition coefficient (Wildman–Crippen LogP) is 2.32. The molecular formula is C12H18BrNO2. The van der Waals surface area contributed by atoms with E-state index in [0.29, 0.717) is 13.0 Å². The predicted molar refractivity (Wildman–Crippen MR) is 68.7 cm³/mol. The van der Waals surface area contributed by atoms with Crippen LogP contribution in [-0.2, 0) is 6.54 Å². The van der Waals surface area contributed by atoms with Gasteiger partial charge in [-0.05, 0) is 30.3 Å². The molecule has 0 amide bonds. The minimum absolute atomic E-state index is 0.167. The Hall–Kier alpha value is -0.580. The van der Waals surface area contributed by atoms with Crippen LogP contribution < -0.4 is 10.1 Å². The van der Waals surface area contributed by atoms with E-state index < -0.39 is 0 Å². The molecule has 0 bridgehead atoms. The lowest BCUT2D eigenvalue weighted by atomic mass is 10.2. The molecule has 0 saturated carbocycles. The van der Waals surface area contributed by atoms with Gasteiger partial charge in [-0.15, -0.1) is 0 Å². The van der Waals surface area contributed by atoms with Gasteiger partial charge in [-0.1, -0.05) is 22.9 Å². The first-order chi connectivity index (χ1) is 7.77. The van der Waals surface area contributed by atoms with E-state index in [9.17, 15) is 0 Å². The Kier molecular flexibility index (Phi) is 6.45. The first kappa shape index (κ1) is 13.5. The summed E-state index contributed by atoms with van der Waals surface area (Å²) in [6.45, 7) is 4.57. The van der Waals surface area contributed by atoms with E-state index in [1.54, 1.807) is 0 Å². The molecule has 0 radical (unpaired) electrons. The molecule has 0 aliphatic rings. The van der Waals surface area contributed by atoms with Crippen LogP contribution in [0.4, 0.5) is 0 Å². The molecule has 16 heavy (non-hydrogen) atoms. The Bertz CT molecular complexity index is 318. The number of aliphatic hydroxyl groups excluding tert-OH is 1. The molecule has 1 aromatic rings. The zero-order valence-corrected chi connectivity index (χ0v) is 11.1. The Balaban J connectivity index is 2.58. The SMILES string of the molecule is CCNCc1cc(OCCCO)ccc1Br. The third-order valence-corrected chi connectivity index (χ3v) is 2.93. The lowest BCUT2D eigenvalue weighted by Crippen LogP contribution is -2.12. The number of hydrogen-bond acceptors (Lipinski definition) is 3. The number of halogens is 1. The lowest BCUT2D eigenvalue weighted by molar-refractivity contribution is 0.233. The molecule has 0 fully saturated rings. The summed E-state index contributed by atoms with van der Waals surface area (Å²) in [7, 11) is 0. The summed E-state index contributed by atoms with van der Waals surface area (Å²) >= 11 is 3.51. The fraction of sp³-hybridized carbons (Fsp3) is 0.500. The van der Waals surface area contributed by atoms with Crippen molar-refractivity contribution in [2.45, 2.75) is 19.9 Å². The monoisotopic (exact) mass is 287 g/mol. The third kappa shape index (κ3) is 4.51. The molecule has 4 heteroatoms. The minimum Gasteiger partial charge on any atom is -0.493 e. The molecule has 0 saturated heterocycles. The van der Waals surface area contributed by atoms with Gasteiger partial charge < -0.3 is 15.2 Å². The smallest absolute Gasteiger partial charge is 0.119 e. The highest BCUT2D eigenvalue weighted by atomic mass is 79.9. The van der Waals surface area contributed by atoms with E-state index in [1.165, 1.54) is 5.56 Å². The molecule has 0 aromatic heterocycles. The summed E-state index contributed by atoms with van der Waals surface area (Å²) in [5, 5.41) is 11.9. The molecule has 3 nitrogen and oxygen atoms in total. The molecule has 0 spiro atoms. The van der Waals surface area contributed by atoms with Crippen molar-refractivity contribution in [2.75, 3.05) is 19.8 Å². The van der Waals surface area contributed by atoms with Crippen LogP contribution in [0.2, 0.25) is 0 Å². The van der Waals surface area contributed by atoms with E-state index in [0.717, 1.165) is 23.3 Å². The molecule has 90 valence electrons. The van der Waals surface area contributed by atoms with Crippen molar-refractivity contribution in [1.82, 2.24) is 5.32 Å². The van der Waals surface area contributed by atoms with Gasteiger partial charge in [-0.3, -0.25) is 0 Å². The van der Waals surface area contributed by atoms with Crippen LogP contribution in [0.25, 0.3) is 0 Å². The highest BCUT2D eigenvalue weighted by Gasteiger charge is 2.02. The van der Waals surface area contributed by atoms with Crippen molar-refractivity contribution in [1.29, 1.82) is 0 Å². The summed E-state index contributed by atoms with van der Waals surface area (Å²) in [5.74, 6) is 0.851. The fourth-order valence-electron chi connectivity index (χ4n) is 1.29. The van der Waals surface area contributed by atoms with Crippen LogP contribution >= 0.6 is 15.9 Å². The van der Waals surface area contributed by atoms with Crippen molar-refractivity contribution >= 4 is 15.9 Å². The van der Waals surface area contributed by atoms with E-state index in [-0.39, 0.29) is 6.61 Å². The highest BCUT2D eigenvalue weighted by molar-refractivity contribution is 9.10. The van der Waals surface area contributed by atoms with Gasteiger partial charge in [0.25, 0.3) is 0 Å². The Morgan fingerprint density at radius 3 is 2.94 bits per heavy atom. The van der Waals surface area contributed by atoms with Gasteiger partial charge in [0.15, 0.2) is 0 Å². The molecule has 0 aliphatic carbocycles. The van der Waals surface area contributed by atoms with Crippen LogP contribution in [0.15, 0.2) is 22.7 Å². The highest BCUT2D eigenvalue weighted by Crippen LogP contribution is 2.22. The number of nitrogens with one attached hydrogen (secondary N) is 1. The largest absolute Gasteiger partial charge is 0.493 e. The quantitative estimate of drug-likeness (QED) is 0.757. The zero-order chi connectivity index (χ0) is 11.8. The third-order valence-electron chi connectivity index (χ3n) is 2.15. The van der Waals surface area contributed by atoms with Gasteiger partial charge in [0.1, 0.15) is 5.75 Å². The van der Waals surface area contributed by atoms with Crippen LogP contribution in [0.5, 0.6) is 5.75 Å². The topological polar surface area (TPSA) is 41.5 Å². The van der Waals surface area contributed by atoms with Gasteiger partial charge >= 0.3 is 0 Å². The molecule has 0 aliphatic heterocycles. The first-order valence-corrected chi connectivity index (χ1v) is 6.30. The van der Waals surface area contributed by atoms with Gasteiger partial charge in [0, 0.05) is 24.0 Å². The number of hydrogen-bond donors (Lipinski definition) is 2. The maximum absolute atomic E-state index is 8.66. The van der Waals surface area contributed by atoms with E-state index in [2.05, 4.69) is 28.2 Å². The maximum Gasteiger partial charge on any atom is 0.119 e. The summed E-state index contributed by atoms with van der Waals surface area (Å²) in [4.78, 5) is 0. The van der Waals surface area contributed by atoms with Crippen molar-refractivity contribution in [3.63, 3.8) is 0 Å². The Morgan fingerprint density at radius 2 is 2.25 bits per heavy atom. The average Bonchev–Trinajstić information content (AvgIpc) is 2.30. The van der Waals surface area contributed by atoms with Gasteiger partial charge in [0.05, 0.1) is 6.61 Å². The number of aliphatic hydroxyl groups is 1. The normalized spacial score (nSPS) is 10.4. The Labute approximate surface area is 105 Å². The number of rotatable bonds is 7. The van der Waals surface area contributed by atoms with E-state index >= 15 is 0 Å². The van der Waals surface area contributed by atoms with Crippen molar-refractivity contribution in [2.24, 2.45) is 0 Å². The van der Waals surface area contributed by atoms with Crippen molar-refractivity contribution in [3.05, 3.63) is 28.2 Å². The van der Waals surface area contributed by atoms with E-state index in [4.69, 9.17) is 9.84 Å². The number of ether oxygens (including phenoxy) is 1. The number of benzene rings is 1. The van der Waals surface area contributed by atoms with Gasteiger partial charge in [-0.25, -0.2) is 0 Å². The maximum atomic E-state index is 8.66. The molecule has 1 aromatic carbocycles. The van der Waals surface area contributed by atoms with Crippen molar-refractivity contribution < 1.29 is 9.84 Å². The second-order valence-corrected chi connectivity index (χ2v) is 4.31. The summed E-state index contributed by atoms with van der Waals surface area (Å²) in [5.41, 5.74) is 1.18. The van der Waals surface area contributed by atoms with Crippen molar-refractivity contribution in [3.8, 4) is 5.75 Å². The Morgan fingerprint density at radius 1 is 1.44 bits per heavy atom. The van der Waals surface area contributed by atoms with Gasteiger partial charge in [-0.2, -0.15) is 0 Å². The fourth-order valence-corrected chi connectivity index (χ4v) is 1.68. The van der Waals surface area contributed by atoms with Crippen LogP contribution in [0.3, 0.4) is 0 Å². The second kappa shape index (κ2) is 7.65. The van der Waals surface area contributed by atoms with E-state index in [1.807, 2.05) is 18.2 Å². The first-order valence-electron chi connectivity index (χ1n) is 5.50. The summed E-state index contributed by atoms with van der Waals surface area (Å²) < 4.78 is 6.60. The lowest BCUT2D eigenvalue weighted by Gasteiger charge is -2.09. The van der Waals surface area contributed by atoms with Gasteiger partial charge in [0.2, 0.25) is 0 Å². The molecule has 0 atom stereocenters.